The summed E-state index contributed by atoms with van der Waals surface area (Å²) in [5.41, 5.74) is 0. The summed E-state index contributed by atoms with van der Waals surface area (Å²) in [5.74, 6) is 0. The predicted octanol–water partition coefficient (Wildman–Crippen LogP) is 2.53. The lowest BCUT2D eigenvalue weighted by atomic mass is 10.3. The highest BCUT2D eigenvalue weighted by Gasteiger charge is 2.01. The lowest BCUT2D eigenvalue weighted by molar-refractivity contribution is 0.111. The molecule has 0 atom stereocenters. The van der Waals surface area contributed by atoms with Crippen LogP contribution >= 0.6 is 22.7 Å². The minimum Gasteiger partial charge on any atom is -0.362 e. The van der Waals surface area contributed by atoms with Crippen molar-refractivity contribution in [2.45, 2.75) is 12.8 Å². The number of hydrogen-bond donors (Lipinski definition) is 2. The summed E-state index contributed by atoms with van der Waals surface area (Å²) in [5, 5.41) is 7.89. The minimum absolute atomic E-state index is 0.629. The van der Waals surface area contributed by atoms with Gasteiger partial charge in [0.15, 0.2) is 22.8 Å². The number of aldehydes is 2. The summed E-state index contributed by atoms with van der Waals surface area (Å²) in [6.45, 7) is 1.62. The van der Waals surface area contributed by atoms with Crippen LogP contribution in [0.2, 0.25) is 0 Å². The monoisotopic (exact) mass is 310 g/mol. The van der Waals surface area contributed by atoms with E-state index in [9.17, 15) is 9.59 Å². The van der Waals surface area contributed by atoms with Gasteiger partial charge in [0.05, 0.1) is 22.1 Å². The molecule has 2 heterocycles. The van der Waals surface area contributed by atoms with Crippen LogP contribution in [0.4, 0.5) is 10.3 Å². The lowest BCUT2D eigenvalue weighted by Gasteiger charge is -2.03. The standard InChI is InChI=1S/C12H14N4O2S2/c17-7-9-5-15-11(19-9)13-3-1-2-4-14-12-16-6-10(8-18)20-12/h5-8H,1-4H2,(H,13,15)(H,14,16). The molecule has 2 rings (SSSR count). The van der Waals surface area contributed by atoms with Crippen LogP contribution < -0.4 is 10.6 Å². The molecule has 0 aromatic carbocycles. The maximum absolute atomic E-state index is 10.5. The van der Waals surface area contributed by atoms with Gasteiger partial charge in [-0.3, -0.25) is 9.59 Å². The van der Waals surface area contributed by atoms with Crippen LogP contribution in [0.15, 0.2) is 12.4 Å². The molecule has 0 amide bonds. The zero-order valence-electron chi connectivity index (χ0n) is 10.7. The third kappa shape index (κ3) is 4.39. The third-order valence-corrected chi connectivity index (χ3v) is 4.20. The SMILES string of the molecule is O=Cc1cnc(NCCCCNc2ncc(C=O)s2)s1. The van der Waals surface area contributed by atoms with Gasteiger partial charge < -0.3 is 10.6 Å². The Labute approximate surface area is 124 Å². The quantitative estimate of drug-likeness (QED) is 0.547. The number of nitrogens with zero attached hydrogens (tertiary/aromatic N) is 2. The van der Waals surface area contributed by atoms with Crippen molar-refractivity contribution in [2.75, 3.05) is 23.7 Å². The zero-order chi connectivity index (χ0) is 14.2. The summed E-state index contributed by atoms with van der Waals surface area (Å²) in [7, 11) is 0. The van der Waals surface area contributed by atoms with Gasteiger partial charge in [0.25, 0.3) is 0 Å². The van der Waals surface area contributed by atoms with Gasteiger partial charge in [0.2, 0.25) is 0 Å². The van der Waals surface area contributed by atoms with Gasteiger partial charge >= 0.3 is 0 Å². The van der Waals surface area contributed by atoms with Crippen LogP contribution in [-0.4, -0.2) is 35.6 Å². The van der Waals surface area contributed by atoms with Crippen molar-refractivity contribution >= 4 is 45.5 Å². The molecule has 106 valence electrons. The van der Waals surface area contributed by atoms with E-state index in [4.69, 9.17) is 0 Å². The molecule has 20 heavy (non-hydrogen) atoms. The number of rotatable bonds is 9. The van der Waals surface area contributed by atoms with Crippen molar-refractivity contribution in [3.05, 3.63) is 22.1 Å². The number of nitrogens with one attached hydrogen (secondary N) is 2. The van der Waals surface area contributed by atoms with Crippen LogP contribution in [0.5, 0.6) is 0 Å². The number of thiazole rings is 2. The fraction of sp³-hybridized carbons (Fsp3) is 0.333. The normalized spacial score (nSPS) is 10.2. The molecule has 0 aliphatic heterocycles. The van der Waals surface area contributed by atoms with Crippen molar-refractivity contribution in [1.29, 1.82) is 0 Å². The number of unbranched alkanes of at least 4 members (excludes halogenated alkanes) is 1. The predicted molar refractivity (Wildman–Crippen MR) is 81.2 cm³/mol. The van der Waals surface area contributed by atoms with E-state index in [1.165, 1.54) is 22.7 Å². The van der Waals surface area contributed by atoms with E-state index in [2.05, 4.69) is 20.6 Å². The van der Waals surface area contributed by atoms with Crippen molar-refractivity contribution < 1.29 is 9.59 Å². The number of carbonyl (C=O) groups is 2. The maximum atomic E-state index is 10.5. The molecule has 0 unspecified atom stereocenters. The first-order valence-corrected chi connectivity index (χ1v) is 7.75. The van der Waals surface area contributed by atoms with Crippen LogP contribution in [0.1, 0.15) is 32.2 Å². The second kappa shape index (κ2) is 7.71. The molecule has 2 aromatic rings. The molecule has 8 heteroatoms. The van der Waals surface area contributed by atoms with Crippen molar-refractivity contribution in [3.63, 3.8) is 0 Å². The van der Waals surface area contributed by atoms with E-state index < -0.39 is 0 Å². The van der Waals surface area contributed by atoms with Gasteiger partial charge in [-0.1, -0.05) is 22.7 Å². The first-order chi connectivity index (χ1) is 9.81. The van der Waals surface area contributed by atoms with Crippen LogP contribution in [0, 0.1) is 0 Å². The van der Waals surface area contributed by atoms with E-state index in [0.29, 0.717) is 9.75 Å². The highest BCUT2D eigenvalue weighted by atomic mass is 32.1. The Morgan fingerprint density at radius 2 is 1.35 bits per heavy atom. The molecule has 0 radical (unpaired) electrons. The van der Waals surface area contributed by atoms with Gasteiger partial charge in [0, 0.05) is 13.1 Å². The Balaban J connectivity index is 1.57. The largest absolute Gasteiger partial charge is 0.362 e. The number of anilines is 2. The summed E-state index contributed by atoms with van der Waals surface area (Å²) >= 11 is 2.70. The van der Waals surface area contributed by atoms with Crippen LogP contribution in [0.25, 0.3) is 0 Å². The average molecular weight is 310 g/mol. The highest BCUT2D eigenvalue weighted by Crippen LogP contribution is 2.17. The minimum atomic E-state index is 0.629. The Bertz CT molecular complexity index is 517. The Morgan fingerprint density at radius 3 is 1.70 bits per heavy atom. The fourth-order valence-electron chi connectivity index (χ4n) is 1.49. The zero-order valence-corrected chi connectivity index (χ0v) is 12.3. The van der Waals surface area contributed by atoms with Gasteiger partial charge in [0.1, 0.15) is 0 Å². The fourth-order valence-corrected chi connectivity index (χ4v) is 2.80. The maximum Gasteiger partial charge on any atom is 0.183 e. The Kier molecular flexibility index (Phi) is 5.63. The molecule has 0 bridgehead atoms. The topological polar surface area (TPSA) is 84.0 Å². The smallest absolute Gasteiger partial charge is 0.183 e. The number of carbonyl (C=O) groups excluding carboxylic acids is 2. The second-order valence-corrected chi connectivity index (χ2v) is 6.06. The lowest BCUT2D eigenvalue weighted by Crippen LogP contribution is -2.06. The van der Waals surface area contributed by atoms with E-state index in [1.807, 2.05) is 0 Å². The molecule has 6 nitrogen and oxygen atoms in total. The van der Waals surface area contributed by atoms with E-state index in [-0.39, 0.29) is 0 Å². The van der Waals surface area contributed by atoms with Gasteiger partial charge in [-0.05, 0) is 12.8 Å². The first-order valence-electron chi connectivity index (χ1n) is 6.11. The average Bonchev–Trinajstić information content (AvgIpc) is 3.11. The van der Waals surface area contributed by atoms with Crippen LogP contribution in [0.3, 0.4) is 0 Å². The van der Waals surface area contributed by atoms with Crippen LogP contribution in [-0.2, 0) is 0 Å². The Hall–Kier alpha value is -1.80. The summed E-state index contributed by atoms with van der Waals surface area (Å²) in [6, 6.07) is 0. The molecule has 2 aromatic heterocycles. The van der Waals surface area contributed by atoms with Gasteiger partial charge in [-0.25, -0.2) is 9.97 Å². The highest BCUT2D eigenvalue weighted by molar-refractivity contribution is 7.17. The first kappa shape index (κ1) is 14.6. The van der Waals surface area contributed by atoms with Gasteiger partial charge in [-0.2, -0.15) is 0 Å². The molecule has 0 fully saturated rings. The Morgan fingerprint density at radius 1 is 0.900 bits per heavy atom. The van der Waals surface area contributed by atoms with E-state index in [1.54, 1.807) is 12.4 Å². The molecule has 0 aliphatic carbocycles. The molecule has 0 aliphatic rings. The molecule has 0 saturated carbocycles. The molecule has 0 saturated heterocycles. The van der Waals surface area contributed by atoms with E-state index in [0.717, 1.165) is 48.8 Å². The molecule has 0 spiro atoms. The molecule has 2 N–H and O–H groups in total. The molecular weight excluding hydrogens is 296 g/mol. The van der Waals surface area contributed by atoms with Gasteiger partial charge in [-0.15, -0.1) is 0 Å². The second-order valence-electron chi connectivity index (χ2n) is 3.93. The summed E-state index contributed by atoms with van der Waals surface area (Å²) in [4.78, 5) is 30.4. The van der Waals surface area contributed by atoms with Crippen molar-refractivity contribution in [1.82, 2.24) is 9.97 Å². The summed E-state index contributed by atoms with van der Waals surface area (Å²) < 4.78 is 0. The summed E-state index contributed by atoms with van der Waals surface area (Å²) in [6.07, 6.45) is 6.69. The van der Waals surface area contributed by atoms with E-state index >= 15 is 0 Å². The number of aromatic nitrogens is 2. The molecular formula is C12H14N4O2S2. The number of hydrogen-bond acceptors (Lipinski definition) is 8. The third-order valence-electron chi connectivity index (χ3n) is 2.44. The van der Waals surface area contributed by atoms with Crippen molar-refractivity contribution in [3.8, 4) is 0 Å². The van der Waals surface area contributed by atoms with Crippen molar-refractivity contribution in [2.24, 2.45) is 0 Å².